The van der Waals surface area contributed by atoms with Gasteiger partial charge in [-0.25, -0.2) is 0 Å². The van der Waals surface area contributed by atoms with Crippen LogP contribution in [0.15, 0.2) is 30.3 Å². The molecule has 0 aliphatic heterocycles. The standard InChI is InChI=1S/C11H16N2O2/c1-10(13(14)15)9-12-8-7-11-5-3-2-4-6-11/h2-6,10,12H,7-9H2,1H3. The molecule has 1 N–H and O–H groups in total. The fourth-order valence-electron chi connectivity index (χ4n) is 1.26. The van der Waals surface area contributed by atoms with Crippen LogP contribution in [-0.2, 0) is 6.42 Å². The quantitative estimate of drug-likeness (QED) is 0.437. The minimum atomic E-state index is -0.513. The lowest BCUT2D eigenvalue weighted by atomic mass is 10.1. The molecule has 4 nitrogen and oxygen atoms in total. The van der Waals surface area contributed by atoms with Crippen LogP contribution < -0.4 is 5.32 Å². The van der Waals surface area contributed by atoms with Crippen molar-refractivity contribution in [2.45, 2.75) is 19.4 Å². The molecule has 1 aromatic rings. The van der Waals surface area contributed by atoms with E-state index in [1.165, 1.54) is 5.56 Å². The van der Waals surface area contributed by atoms with Crippen LogP contribution in [0.3, 0.4) is 0 Å². The van der Waals surface area contributed by atoms with Crippen molar-refractivity contribution in [2.24, 2.45) is 0 Å². The van der Waals surface area contributed by atoms with Gasteiger partial charge in [-0.05, 0) is 18.5 Å². The summed E-state index contributed by atoms with van der Waals surface area (Å²) in [5.41, 5.74) is 1.25. The molecule has 0 amide bonds. The van der Waals surface area contributed by atoms with E-state index in [9.17, 15) is 10.1 Å². The Hall–Kier alpha value is -1.42. The van der Waals surface area contributed by atoms with Crippen LogP contribution in [0.2, 0.25) is 0 Å². The van der Waals surface area contributed by atoms with E-state index in [-0.39, 0.29) is 4.92 Å². The average Bonchev–Trinajstić information content (AvgIpc) is 2.25. The lowest BCUT2D eigenvalue weighted by Crippen LogP contribution is -2.31. The first kappa shape index (κ1) is 11.7. The smallest absolute Gasteiger partial charge is 0.222 e. The minimum absolute atomic E-state index is 0.268. The molecule has 0 aliphatic rings. The van der Waals surface area contributed by atoms with Gasteiger partial charge in [-0.2, -0.15) is 0 Å². The Labute approximate surface area is 89.5 Å². The normalized spacial score (nSPS) is 12.3. The predicted molar refractivity (Wildman–Crippen MR) is 59.5 cm³/mol. The molecule has 1 unspecified atom stereocenters. The van der Waals surface area contributed by atoms with E-state index in [0.29, 0.717) is 6.54 Å². The van der Waals surface area contributed by atoms with Crippen LogP contribution in [0, 0.1) is 10.1 Å². The Bertz CT molecular complexity index is 301. The zero-order valence-electron chi connectivity index (χ0n) is 8.85. The second-order valence-corrected chi connectivity index (χ2v) is 3.57. The molecule has 0 aromatic heterocycles. The third-order valence-corrected chi connectivity index (χ3v) is 2.23. The number of benzene rings is 1. The summed E-state index contributed by atoms with van der Waals surface area (Å²) in [7, 11) is 0. The molecule has 0 aliphatic carbocycles. The van der Waals surface area contributed by atoms with Crippen LogP contribution in [0.25, 0.3) is 0 Å². The van der Waals surface area contributed by atoms with Gasteiger partial charge in [-0.1, -0.05) is 30.3 Å². The molecular weight excluding hydrogens is 192 g/mol. The van der Waals surface area contributed by atoms with E-state index in [4.69, 9.17) is 0 Å². The van der Waals surface area contributed by atoms with Crippen molar-refractivity contribution in [1.82, 2.24) is 5.32 Å². The van der Waals surface area contributed by atoms with Crippen LogP contribution in [-0.4, -0.2) is 24.1 Å². The zero-order chi connectivity index (χ0) is 11.1. The van der Waals surface area contributed by atoms with Gasteiger partial charge in [0, 0.05) is 11.8 Å². The second-order valence-electron chi connectivity index (χ2n) is 3.57. The molecule has 0 saturated heterocycles. The third kappa shape index (κ3) is 4.56. The molecule has 0 saturated carbocycles. The molecule has 4 heteroatoms. The van der Waals surface area contributed by atoms with Crippen LogP contribution in [0.4, 0.5) is 0 Å². The highest BCUT2D eigenvalue weighted by Gasteiger charge is 2.10. The molecular formula is C11H16N2O2. The summed E-state index contributed by atoms with van der Waals surface area (Å²) in [6.07, 6.45) is 0.908. The molecule has 0 fully saturated rings. The first-order valence-corrected chi connectivity index (χ1v) is 5.08. The van der Waals surface area contributed by atoms with E-state index in [2.05, 4.69) is 17.4 Å². The average molecular weight is 208 g/mol. The number of hydrogen-bond acceptors (Lipinski definition) is 3. The van der Waals surface area contributed by atoms with Crippen molar-refractivity contribution < 1.29 is 4.92 Å². The molecule has 0 heterocycles. The van der Waals surface area contributed by atoms with E-state index < -0.39 is 6.04 Å². The highest BCUT2D eigenvalue weighted by atomic mass is 16.6. The molecule has 0 bridgehead atoms. The molecule has 1 rings (SSSR count). The number of nitrogens with one attached hydrogen (secondary N) is 1. The first-order chi connectivity index (χ1) is 7.20. The summed E-state index contributed by atoms with van der Waals surface area (Å²) >= 11 is 0. The maximum absolute atomic E-state index is 10.3. The van der Waals surface area contributed by atoms with Crippen molar-refractivity contribution in [3.8, 4) is 0 Å². The predicted octanol–water partition coefficient (Wildman–Crippen LogP) is 1.48. The van der Waals surface area contributed by atoms with E-state index in [0.717, 1.165) is 13.0 Å². The van der Waals surface area contributed by atoms with Gasteiger partial charge in [-0.15, -0.1) is 0 Å². The fraction of sp³-hybridized carbons (Fsp3) is 0.455. The zero-order valence-corrected chi connectivity index (χ0v) is 8.85. The van der Waals surface area contributed by atoms with Gasteiger partial charge in [-0.3, -0.25) is 10.1 Å². The Morgan fingerprint density at radius 1 is 1.40 bits per heavy atom. The van der Waals surface area contributed by atoms with E-state index >= 15 is 0 Å². The first-order valence-electron chi connectivity index (χ1n) is 5.08. The monoisotopic (exact) mass is 208 g/mol. The lowest BCUT2D eigenvalue weighted by Gasteiger charge is -2.06. The van der Waals surface area contributed by atoms with Crippen LogP contribution >= 0.6 is 0 Å². The maximum atomic E-state index is 10.3. The van der Waals surface area contributed by atoms with Crippen LogP contribution in [0.1, 0.15) is 12.5 Å². The highest BCUT2D eigenvalue weighted by molar-refractivity contribution is 5.14. The van der Waals surface area contributed by atoms with Crippen molar-refractivity contribution in [2.75, 3.05) is 13.1 Å². The number of hydrogen-bond donors (Lipinski definition) is 1. The summed E-state index contributed by atoms with van der Waals surface area (Å²) in [4.78, 5) is 10.1. The Morgan fingerprint density at radius 2 is 2.07 bits per heavy atom. The largest absolute Gasteiger partial charge is 0.310 e. The van der Waals surface area contributed by atoms with Gasteiger partial charge in [0.15, 0.2) is 0 Å². The summed E-state index contributed by atoms with van der Waals surface area (Å²) in [5, 5.41) is 13.4. The summed E-state index contributed by atoms with van der Waals surface area (Å²) in [6.45, 7) is 2.82. The molecule has 0 radical (unpaired) electrons. The second kappa shape index (κ2) is 6.14. The Kier molecular flexibility index (Phi) is 4.77. The van der Waals surface area contributed by atoms with Crippen LogP contribution in [0.5, 0.6) is 0 Å². The van der Waals surface area contributed by atoms with Gasteiger partial charge < -0.3 is 5.32 Å². The van der Waals surface area contributed by atoms with Crippen molar-refractivity contribution in [3.05, 3.63) is 46.0 Å². The fourth-order valence-corrected chi connectivity index (χ4v) is 1.26. The topological polar surface area (TPSA) is 55.2 Å². The highest BCUT2D eigenvalue weighted by Crippen LogP contribution is 1.98. The van der Waals surface area contributed by atoms with E-state index in [1.807, 2.05) is 18.2 Å². The Morgan fingerprint density at radius 3 is 2.67 bits per heavy atom. The maximum Gasteiger partial charge on any atom is 0.222 e. The molecule has 1 atom stereocenters. The lowest BCUT2D eigenvalue weighted by molar-refractivity contribution is -0.515. The molecule has 1 aromatic carbocycles. The summed E-state index contributed by atoms with van der Waals surface area (Å²) in [6, 6.07) is 9.56. The van der Waals surface area contributed by atoms with Gasteiger partial charge in [0.25, 0.3) is 0 Å². The van der Waals surface area contributed by atoms with Crippen molar-refractivity contribution in [1.29, 1.82) is 0 Å². The van der Waals surface area contributed by atoms with Crippen molar-refractivity contribution in [3.63, 3.8) is 0 Å². The third-order valence-electron chi connectivity index (χ3n) is 2.23. The SMILES string of the molecule is CC(CNCCc1ccccc1)[N+](=O)[O-]. The molecule has 0 spiro atoms. The number of nitro groups is 1. The van der Waals surface area contributed by atoms with Crippen molar-refractivity contribution >= 4 is 0 Å². The summed E-state index contributed by atoms with van der Waals surface area (Å²) in [5.74, 6) is 0. The van der Waals surface area contributed by atoms with Gasteiger partial charge >= 0.3 is 0 Å². The van der Waals surface area contributed by atoms with E-state index in [1.54, 1.807) is 6.92 Å². The molecule has 82 valence electrons. The van der Waals surface area contributed by atoms with Gasteiger partial charge in [0.05, 0.1) is 6.54 Å². The number of rotatable bonds is 6. The number of nitrogens with zero attached hydrogens (tertiary/aromatic N) is 1. The Balaban J connectivity index is 2.15. The van der Waals surface area contributed by atoms with Gasteiger partial charge in [0.1, 0.15) is 0 Å². The summed E-state index contributed by atoms with van der Waals surface area (Å²) < 4.78 is 0. The minimum Gasteiger partial charge on any atom is -0.310 e. The van der Waals surface area contributed by atoms with Gasteiger partial charge in [0.2, 0.25) is 6.04 Å². The molecule has 15 heavy (non-hydrogen) atoms.